The van der Waals surface area contributed by atoms with Gasteiger partial charge in [0.15, 0.2) is 0 Å². The summed E-state index contributed by atoms with van der Waals surface area (Å²) in [5.41, 5.74) is 1.81. The van der Waals surface area contributed by atoms with E-state index in [0.29, 0.717) is 5.69 Å². The Bertz CT molecular complexity index is 674. The van der Waals surface area contributed by atoms with E-state index in [1.807, 2.05) is 13.8 Å². The van der Waals surface area contributed by atoms with Crippen molar-refractivity contribution in [2.45, 2.75) is 51.3 Å². The summed E-state index contributed by atoms with van der Waals surface area (Å²) >= 11 is 0. The molecule has 0 heterocycles. The highest BCUT2D eigenvalue weighted by atomic mass is 32.2. The lowest BCUT2D eigenvalue weighted by Gasteiger charge is -2.23. The van der Waals surface area contributed by atoms with Crippen LogP contribution in [0.25, 0.3) is 0 Å². The average molecular weight is 310 g/mol. The smallest absolute Gasteiger partial charge is 0.238 e. The number of hydrogen-bond donors (Lipinski definition) is 2. The quantitative estimate of drug-likeness (QED) is 0.898. The Hall–Kier alpha value is -1.40. The number of primary sulfonamides is 1. The van der Waals surface area contributed by atoms with Crippen LogP contribution in [-0.2, 0) is 14.8 Å². The summed E-state index contributed by atoms with van der Waals surface area (Å²) in [5, 5.41) is 8.07. The molecule has 1 amide bonds. The molecule has 6 heteroatoms. The molecular weight excluding hydrogens is 288 g/mol. The minimum absolute atomic E-state index is 0.0254. The molecule has 2 rings (SSSR count). The van der Waals surface area contributed by atoms with Gasteiger partial charge in [-0.1, -0.05) is 19.8 Å². The highest BCUT2D eigenvalue weighted by Crippen LogP contribution is 2.39. The SMILES string of the molecule is Cc1cc(S(N)(=O)=O)cc(NC(=O)C2(C)CCCC2)c1C. The number of benzene rings is 1. The summed E-state index contributed by atoms with van der Waals surface area (Å²) in [6.07, 6.45) is 3.84. The molecule has 0 unspecified atom stereocenters. The van der Waals surface area contributed by atoms with Crippen molar-refractivity contribution in [3.8, 4) is 0 Å². The molecule has 1 aromatic carbocycles. The Labute approximate surface area is 126 Å². The lowest BCUT2D eigenvalue weighted by atomic mass is 9.87. The van der Waals surface area contributed by atoms with Gasteiger partial charge in [-0.25, -0.2) is 13.6 Å². The number of carbonyl (C=O) groups excluding carboxylic acids is 1. The van der Waals surface area contributed by atoms with Gasteiger partial charge in [0.2, 0.25) is 15.9 Å². The molecule has 0 saturated heterocycles. The zero-order valence-electron chi connectivity index (χ0n) is 12.7. The first-order chi connectivity index (χ1) is 9.63. The van der Waals surface area contributed by atoms with Crippen LogP contribution in [0.2, 0.25) is 0 Å². The van der Waals surface area contributed by atoms with Crippen LogP contribution in [0.1, 0.15) is 43.7 Å². The average Bonchev–Trinajstić information content (AvgIpc) is 2.81. The number of aryl methyl sites for hydroxylation is 1. The van der Waals surface area contributed by atoms with Crippen LogP contribution >= 0.6 is 0 Å². The second kappa shape index (κ2) is 5.42. The van der Waals surface area contributed by atoms with Crippen molar-refractivity contribution in [3.05, 3.63) is 23.3 Å². The Morgan fingerprint density at radius 3 is 2.33 bits per heavy atom. The van der Waals surface area contributed by atoms with Crippen molar-refractivity contribution in [1.29, 1.82) is 0 Å². The molecule has 1 saturated carbocycles. The first-order valence-corrected chi connectivity index (χ1v) is 8.64. The molecule has 0 bridgehead atoms. The summed E-state index contributed by atoms with van der Waals surface area (Å²) in [7, 11) is -3.79. The van der Waals surface area contributed by atoms with Gasteiger partial charge in [-0.3, -0.25) is 4.79 Å². The Morgan fingerprint density at radius 1 is 1.24 bits per heavy atom. The maximum absolute atomic E-state index is 12.5. The topological polar surface area (TPSA) is 89.3 Å². The standard InChI is InChI=1S/C15H22N2O3S/c1-10-8-12(21(16,19)20)9-13(11(10)2)17-14(18)15(3)6-4-5-7-15/h8-9H,4-7H2,1-3H3,(H,17,18)(H2,16,19,20). The molecule has 0 atom stereocenters. The summed E-state index contributed by atoms with van der Waals surface area (Å²) in [4.78, 5) is 12.5. The van der Waals surface area contributed by atoms with Gasteiger partial charge < -0.3 is 5.32 Å². The second-order valence-corrected chi connectivity index (χ2v) is 7.74. The van der Waals surface area contributed by atoms with E-state index in [4.69, 9.17) is 5.14 Å². The van der Waals surface area contributed by atoms with Crippen LogP contribution in [0, 0.1) is 19.3 Å². The monoisotopic (exact) mass is 310 g/mol. The van der Waals surface area contributed by atoms with Crippen LogP contribution < -0.4 is 10.5 Å². The molecule has 1 fully saturated rings. The van der Waals surface area contributed by atoms with Gasteiger partial charge in [-0.15, -0.1) is 0 Å². The van der Waals surface area contributed by atoms with Gasteiger partial charge in [0, 0.05) is 11.1 Å². The third-order valence-corrected chi connectivity index (χ3v) is 5.37. The number of carbonyl (C=O) groups is 1. The van der Waals surface area contributed by atoms with E-state index in [1.165, 1.54) is 12.1 Å². The first-order valence-electron chi connectivity index (χ1n) is 7.09. The third kappa shape index (κ3) is 3.27. The zero-order valence-corrected chi connectivity index (χ0v) is 13.5. The summed E-state index contributed by atoms with van der Waals surface area (Å²) in [6, 6.07) is 2.96. The summed E-state index contributed by atoms with van der Waals surface area (Å²) < 4.78 is 23.0. The van der Waals surface area contributed by atoms with E-state index in [0.717, 1.165) is 36.8 Å². The highest BCUT2D eigenvalue weighted by molar-refractivity contribution is 7.89. The predicted octanol–water partition coefficient (Wildman–Crippen LogP) is 2.47. The molecular formula is C15H22N2O3S. The van der Waals surface area contributed by atoms with E-state index in [9.17, 15) is 13.2 Å². The van der Waals surface area contributed by atoms with E-state index >= 15 is 0 Å². The van der Waals surface area contributed by atoms with Crippen LogP contribution in [-0.4, -0.2) is 14.3 Å². The minimum atomic E-state index is -3.79. The van der Waals surface area contributed by atoms with Gasteiger partial charge >= 0.3 is 0 Å². The number of nitrogens with two attached hydrogens (primary N) is 1. The Balaban J connectivity index is 2.36. The molecule has 116 valence electrons. The van der Waals surface area contributed by atoms with E-state index < -0.39 is 10.0 Å². The molecule has 0 radical (unpaired) electrons. The van der Waals surface area contributed by atoms with Crippen LogP contribution in [0.4, 0.5) is 5.69 Å². The molecule has 21 heavy (non-hydrogen) atoms. The fraction of sp³-hybridized carbons (Fsp3) is 0.533. The normalized spacial score (nSPS) is 17.7. The lowest BCUT2D eigenvalue weighted by molar-refractivity contribution is -0.124. The second-order valence-electron chi connectivity index (χ2n) is 6.18. The van der Waals surface area contributed by atoms with Crippen molar-refractivity contribution in [2.24, 2.45) is 10.6 Å². The minimum Gasteiger partial charge on any atom is -0.325 e. The number of hydrogen-bond acceptors (Lipinski definition) is 3. The largest absolute Gasteiger partial charge is 0.325 e. The Kier molecular flexibility index (Phi) is 4.13. The van der Waals surface area contributed by atoms with Crippen LogP contribution in [0.5, 0.6) is 0 Å². The maximum Gasteiger partial charge on any atom is 0.238 e. The number of amides is 1. The number of nitrogens with one attached hydrogen (secondary N) is 1. The predicted molar refractivity (Wildman–Crippen MR) is 82.5 cm³/mol. The summed E-state index contributed by atoms with van der Waals surface area (Å²) in [6.45, 7) is 5.62. The van der Waals surface area contributed by atoms with Gasteiger partial charge in [-0.2, -0.15) is 0 Å². The fourth-order valence-electron chi connectivity index (χ4n) is 2.78. The van der Waals surface area contributed by atoms with Crippen molar-refractivity contribution in [2.75, 3.05) is 5.32 Å². The third-order valence-electron chi connectivity index (χ3n) is 4.47. The van der Waals surface area contributed by atoms with E-state index in [-0.39, 0.29) is 16.2 Å². The maximum atomic E-state index is 12.5. The molecule has 1 aliphatic rings. The molecule has 0 spiro atoms. The van der Waals surface area contributed by atoms with E-state index in [1.54, 1.807) is 6.92 Å². The lowest BCUT2D eigenvalue weighted by Crippen LogP contribution is -2.31. The van der Waals surface area contributed by atoms with Gasteiger partial charge in [0.25, 0.3) is 0 Å². The molecule has 0 aliphatic heterocycles. The van der Waals surface area contributed by atoms with Gasteiger partial charge in [0.05, 0.1) is 4.90 Å². The van der Waals surface area contributed by atoms with E-state index in [2.05, 4.69) is 5.32 Å². The summed E-state index contributed by atoms with van der Waals surface area (Å²) in [5.74, 6) is -0.0472. The Morgan fingerprint density at radius 2 is 1.81 bits per heavy atom. The molecule has 5 nitrogen and oxygen atoms in total. The van der Waals surface area contributed by atoms with Crippen molar-refractivity contribution in [3.63, 3.8) is 0 Å². The number of sulfonamides is 1. The molecule has 1 aromatic rings. The van der Waals surface area contributed by atoms with Crippen LogP contribution in [0.15, 0.2) is 17.0 Å². The highest BCUT2D eigenvalue weighted by Gasteiger charge is 2.36. The molecule has 1 aliphatic carbocycles. The zero-order chi connectivity index (χ0) is 15.8. The van der Waals surface area contributed by atoms with Gasteiger partial charge in [0.1, 0.15) is 0 Å². The number of anilines is 1. The van der Waals surface area contributed by atoms with Crippen molar-refractivity contribution >= 4 is 21.6 Å². The van der Waals surface area contributed by atoms with Crippen molar-refractivity contribution in [1.82, 2.24) is 0 Å². The fourth-order valence-corrected chi connectivity index (χ4v) is 3.40. The number of rotatable bonds is 3. The first kappa shape index (κ1) is 16.0. The molecule has 3 N–H and O–H groups in total. The van der Waals surface area contributed by atoms with Crippen LogP contribution in [0.3, 0.4) is 0 Å². The van der Waals surface area contributed by atoms with Gasteiger partial charge in [-0.05, 0) is 49.9 Å². The van der Waals surface area contributed by atoms with Crippen molar-refractivity contribution < 1.29 is 13.2 Å². The molecule has 0 aromatic heterocycles.